The molecule has 158 valence electrons. The molecule has 0 heterocycles. The van der Waals surface area contributed by atoms with Crippen molar-refractivity contribution in [2.45, 2.75) is 5.60 Å². The molecule has 0 saturated carbocycles. The van der Waals surface area contributed by atoms with E-state index in [0.717, 1.165) is 0 Å². The lowest BCUT2D eigenvalue weighted by molar-refractivity contribution is 0.116. The Morgan fingerprint density at radius 1 is 0.500 bits per heavy atom. The van der Waals surface area contributed by atoms with Gasteiger partial charge in [-0.05, 0) is 11.1 Å². The first-order valence-corrected chi connectivity index (χ1v) is 9.36. The van der Waals surface area contributed by atoms with E-state index in [2.05, 4.69) is 0 Å². The van der Waals surface area contributed by atoms with Crippen LogP contribution in [0, 0.1) is 0 Å². The Kier molecular flexibility index (Phi) is 6.37. The average molecular weight is 410 g/mol. The molecule has 0 unspecified atom stereocenters. The van der Waals surface area contributed by atoms with Crippen LogP contribution >= 0.6 is 0 Å². The maximum Gasteiger partial charge on any atom is 0.211 e. The van der Waals surface area contributed by atoms with Crippen molar-refractivity contribution in [3.63, 3.8) is 0 Å². The van der Waals surface area contributed by atoms with Gasteiger partial charge in [0, 0.05) is 0 Å². The van der Waals surface area contributed by atoms with Crippen molar-refractivity contribution >= 4 is 0 Å². The van der Waals surface area contributed by atoms with E-state index in [1.807, 2.05) is 60.7 Å². The van der Waals surface area contributed by atoms with Crippen molar-refractivity contribution in [3.05, 3.63) is 77.4 Å². The molecule has 0 fully saturated rings. The third-order valence-corrected chi connectivity index (χ3v) is 5.04. The Morgan fingerprint density at radius 3 is 1.10 bits per heavy atom. The normalized spacial score (nSPS) is 11.0. The highest BCUT2D eigenvalue weighted by Gasteiger charge is 2.43. The summed E-state index contributed by atoms with van der Waals surface area (Å²) >= 11 is 0. The summed E-state index contributed by atoms with van der Waals surface area (Å²) < 4.78 is 28.2. The average Bonchev–Trinajstić information content (AvgIpc) is 2.82. The van der Waals surface area contributed by atoms with E-state index >= 15 is 0 Å². The van der Waals surface area contributed by atoms with Gasteiger partial charge in [0.2, 0.25) is 17.2 Å². The fourth-order valence-electron chi connectivity index (χ4n) is 3.73. The van der Waals surface area contributed by atoms with Gasteiger partial charge in [-0.3, -0.25) is 0 Å². The molecule has 0 aromatic heterocycles. The van der Waals surface area contributed by atoms with Gasteiger partial charge < -0.3 is 28.8 Å². The largest absolute Gasteiger partial charge is 0.492 e. The molecule has 6 nitrogen and oxygen atoms in total. The Bertz CT molecular complexity index is 913. The molecule has 0 atom stereocenters. The van der Waals surface area contributed by atoms with Gasteiger partial charge in [-0.1, -0.05) is 60.7 Å². The second-order valence-electron chi connectivity index (χ2n) is 6.48. The molecular weight excluding hydrogens is 384 g/mol. The zero-order valence-electron chi connectivity index (χ0n) is 17.8. The molecule has 0 saturated heterocycles. The lowest BCUT2D eigenvalue weighted by atomic mass is 9.79. The molecule has 3 rings (SSSR count). The quantitative estimate of drug-likeness (QED) is 0.566. The van der Waals surface area contributed by atoms with Gasteiger partial charge in [0.15, 0.2) is 11.5 Å². The summed E-state index contributed by atoms with van der Waals surface area (Å²) in [7, 11) is 7.51. The Labute approximate surface area is 176 Å². The number of methoxy groups -OCH3 is 5. The maximum absolute atomic E-state index is 12.3. The van der Waals surface area contributed by atoms with Crippen LogP contribution in [0.15, 0.2) is 60.7 Å². The lowest BCUT2D eigenvalue weighted by Crippen LogP contribution is -2.30. The zero-order chi connectivity index (χ0) is 21.7. The maximum atomic E-state index is 12.3. The molecule has 0 radical (unpaired) electrons. The minimum atomic E-state index is -1.63. The lowest BCUT2D eigenvalue weighted by Gasteiger charge is -2.34. The zero-order valence-corrected chi connectivity index (χ0v) is 17.8. The van der Waals surface area contributed by atoms with E-state index < -0.39 is 5.60 Å². The summed E-state index contributed by atoms with van der Waals surface area (Å²) in [5.74, 6) is 1.45. The monoisotopic (exact) mass is 410 g/mol. The minimum Gasteiger partial charge on any atom is -0.492 e. The molecule has 0 aliphatic carbocycles. The molecule has 6 heteroatoms. The third-order valence-electron chi connectivity index (χ3n) is 5.04. The SMILES string of the molecule is COc1c(OC)c(OC)c(C(O)(c2ccccc2)c2ccccc2)c(OC)c1OC. The Hall–Kier alpha value is -3.38. The van der Waals surface area contributed by atoms with Crippen molar-refractivity contribution < 1.29 is 28.8 Å². The van der Waals surface area contributed by atoms with E-state index in [9.17, 15) is 5.11 Å². The van der Waals surface area contributed by atoms with Gasteiger partial charge in [0.25, 0.3) is 0 Å². The van der Waals surface area contributed by atoms with Crippen LogP contribution in [0.2, 0.25) is 0 Å². The van der Waals surface area contributed by atoms with Gasteiger partial charge >= 0.3 is 0 Å². The number of ether oxygens (including phenoxy) is 5. The number of aliphatic hydroxyl groups is 1. The second kappa shape index (κ2) is 8.97. The standard InChI is InChI=1S/C24H26O6/c1-26-19-18(20(27-2)22(29-4)23(30-5)21(19)28-3)24(25,16-12-8-6-9-13-16)17-14-10-7-11-15-17/h6-15,25H,1-5H3. The minimum absolute atomic E-state index is 0.280. The van der Waals surface area contributed by atoms with Crippen molar-refractivity contribution in [2.75, 3.05) is 35.5 Å². The molecule has 1 N–H and O–H groups in total. The van der Waals surface area contributed by atoms with E-state index in [0.29, 0.717) is 22.4 Å². The molecule has 0 spiro atoms. The fourth-order valence-corrected chi connectivity index (χ4v) is 3.73. The predicted molar refractivity (Wildman–Crippen MR) is 114 cm³/mol. The first-order valence-electron chi connectivity index (χ1n) is 9.36. The van der Waals surface area contributed by atoms with Gasteiger partial charge in [0.1, 0.15) is 5.60 Å². The summed E-state index contributed by atoms with van der Waals surface area (Å²) in [6.07, 6.45) is 0. The molecular formula is C24H26O6. The summed E-state index contributed by atoms with van der Waals surface area (Å²) in [6, 6.07) is 18.6. The van der Waals surface area contributed by atoms with Crippen molar-refractivity contribution in [1.82, 2.24) is 0 Å². The predicted octanol–water partition coefficient (Wildman–Crippen LogP) is 4.01. The third kappa shape index (κ3) is 3.29. The van der Waals surface area contributed by atoms with Gasteiger partial charge in [-0.15, -0.1) is 0 Å². The van der Waals surface area contributed by atoms with Crippen LogP contribution in [-0.4, -0.2) is 40.7 Å². The van der Waals surface area contributed by atoms with Crippen molar-refractivity contribution in [3.8, 4) is 28.7 Å². The van der Waals surface area contributed by atoms with E-state index in [1.54, 1.807) is 0 Å². The molecule has 0 bridgehead atoms. The van der Waals surface area contributed by atoms with Gasteiger partial charge in [-0.2, -0.15) is 0 Å². The van der Waals surface area contributed by atoms with E-state index in [1.165, 1.54) is 35.5 Å². The van der Waals surface area contributed by atoms with Crippen LogP contribution in [0.1, 0.15) is 16.7 Å². The molecule has 3 aromatic carbocycles. The van der Waals surface area contributed by atoms with Crippen LogP contribution in [0.4, 0.5) is 0 Å². The first-order chi connectivity index (χ1) is 14.6. The van der Waals surface area contributed by atoms with Crippen molar-refractivity contribution in [2.24, 2.45) is 0 Å². The van der Waals surface area contributed by atoms with Crippen LogP contribution in [0.3, 0.4) is 0 Å². The van der Waals surface area contributed by atoms with Crippen LogP contribution in [0.5, 0.6) is 28.7 Å². The van der Waals surface area contributed by atoms with Crippen molar-refractivity contribution in [1.29, 1.82) is 0 Å². The summed E-state index contributed by atoms with van der Waals surface area (Å²) in [5, 5.41) is 12.3. The highest BCUT2D eigenvalue weighted by atomic mass is 16.6. The van der Waals surface area contributed by atoms with E-state index in [-0.39, 0.29) is 23.0 Å². The molecule has 30 heavy (non-hydrogen) atoms. The molecule has 0 aliphatic rings. The highest BCUT2D eigenvalue weighted by Crippen LogP contribution is 2.58. The molecule has 0 amide bonds. The van der Waals surface area contributed by atoms with E-state index in [4.69, 9.17) is 23.7 Å². The molecule has 0 aliphatic heterocycles. The number of benzene rings is 3. The van der Waals surface area contributed by atoms with Gasteiger partial charge in [0.05, 0.1) is 41.1 Å². The number of hydrogen-bond donors (Lipinski definition) is 1. The van der Waals surface area contributed by atoms with Crippen LogP contribution in [0.25, 0.3) is 0 Å². The number of hydrogen-bond acceptors (Lipinski definition) is 6. The molecule has 3 aromatic rings. The second-order valence-corrected chi connectivity index (χ2v) is 6.48. The van der Waals surface area contributed by atoms with Crippen LogP contribution < -0.4 is 23.7 Å². The Balaban J connectivity index is 2.54. The Morgan fingerprint density at radius 2 is 0.800 bits per heavy atom. The fraction of sp³-hybridized carbons (Fsp3) is 0.250. The summed E-state index contributed by atoms with van der Waals surface area (Å²) in [5.41, 5.74) is -0.0324. The topological polar surface area (TPSA) is 66.4 Å². The van der Waals surface area contributed by atoms with Gasteiger partial charge in [-0.25, -0.2) is 0 Å². The smallest absolute Gasteiger partial charge is 0.211 e. The van der Waals surface area contributed by atoms with Crippen LogP contribution in [-0.2, 0) is 5.60 Å². The number of rotatable bonds is 8. The summed E-state index contributed by atoms with van der Waals surface area (Å²) in [6.45, 7) is 0. The summed E-state index contributed by atoms with van der Waals surface area (Å²) in [4.78, 5) is 0. The highest BCUT2D eigenvalue weighted by molar-refractivity contribution is 5.74. The first kappa shape index (κ1) is 21.3.